The Bertz CT molecular complexity index is 927. The van der Waals surface area contributed by atoms with Crippen molar-refractivity contribution in [1.82, 2.24) is 34.8 Å². The van der Waals surface area contributed by atoms with E-state index in [1.54, 1.807) is 14.2 Å². The summed E-state index contributed by atoms with van der Waals surface area (Å²) in [6.07, 6.45) is 6.81. The van der Waals surface area contributed by atoms with Crippen molar-refractivity contribution in [3.05, 3.63) is 47.9 Å². The number of methoxy groups -OCH3 is 1. The number of nitrogens with zero attached hydrogens (tertiary/aromatic N) is 6. The summed E-state index contributed by atoms with van der Waals surface area (Å²) < 4.78 is 9.14. The predicted molar refractivity (Wildman–Crippen MR) is 106 cm³/mol. The van der Waals surface area contributed by atoms with Crippen LogP contribution in [0, 0.1) is 0 Å². The molecule has 0 aromatic carbocycles. The second-order valence-electron chi connectivity index (χ2n) is 6.89. The highest BCUT2D eigenvalue weighted by molar-refractivity contribution is 5.79. The summed E-state index contributed by atoms with van der Waals surface area (Å²) in [7, 11) is 3.45. The van der Waals surface area contributed by atoms with Gasteiger partial charge in [-0.05, 0) is 18.6 Å². The Morgan fingerprint density at radius 2 is 2.29 bits per heavy atom. The molecule has 28 heavy (non-hydrogen) atoms. The lowest BCUT2D eigenvalue weighted by Gasteiger charge is -2.25. The Labute approximate surface area is 163 Å². The Kier molecular flexibility index (Phi) is 5.52. The third kappa shape index (κ3) is 4.14. The standard InChI is InChI=1S/C19H26N8O/c1-20-19(21-9-8-15-11-26-10-4-3-5-17(26)22-15)23-14-6-7-18-24-16(13-28-2)25-27(18)12-14/h3-5,10-11,14H,6-9,12-13H2,1-2H3,(H2,20,21,23). The van der Waals surface area contributed by atoms with Crippen LogP contribution in [0.2, 0.25) is 0 Å². The van der Waals surface area contributed by atoms with Crippen LogP contribution >= 0.6 is 0 Å². The van der Waals surface area contributed by atoms with Crippen molar-refractivity contribution in [3.63, 3.8) is 0 Å². The first-order chi connectivity index (χ1) is 13.7. The molecule has 0 bridgehead atoms. The quantitative estimate of drug-likeness (QED) is 0.484. The van der Waals surface area contributed by atoms with Gasteiger partial charge in [0.1, 0.15) is 18.1 Å². The third-order valence-electron chi connectivity index (χ3n) is 4.83. The van der Waals surface area contributed by atoms with Crippen LogP contribution in [0.25, 0.3) is 5.65 Å². The van der Waals surface area contributed by atoms with Crippen LogP contribution in [0.4, 0.5) is 0 Å². The fourth-order valence-electron chi connectivity index (χ4n) is 3.47. The van der Waals surface area contributed by atoms with Gasteiger partial charge in [-0.1, -0.05) is 6.07 Å². The monoisotopic (exact) mass is 382 g/mol. The molecule has 0 amide bonds. The van der Waals surface area contributed by atoms with Crippen molar-refractivity contribution in [2.24, 2.45) is 4.99 Å². The molecular formula is C19H26N8O. The number of rotatable bonds is 6. The number of guanidine groups is 1. The minimum absolute atomic E-state index is 0.269. The summed E-state index contributed by atoms with van der Waals surface area (Å²) in [6.45, 7) is 1.99. The van der Waals surface area contributed by atoms with Gasteiger partial charge in [0.2, 0.25) is 0 Å². The number of aliphatic imine (C=N–C) groups is 1. The average Bonchev–Trinajstić information content (AvgIpc) is 3.30. The van der Waals surface area contributed by atoms with E-state index >= 15 is 0 Å². The first kappa shape index (κ1) is 18.4. The number of hydrogen-bond donors (Lipinski definition) is 2. The van der Waals surface area contributed by atoms with Crippen LogP contribution in [0.3, 0.4) is 0 Å². The van der Waals surface area contributed by atoms with Crippen molar-refractivity contribution in [1.29, 1.82) is 0 Å². The van der Waals surface area contributed by atoms with Crippen LogP contribution < -0.4 is 10.6 Å². The maximum atomic E-state index is 5.12. The second-order valence-corrected chi connectivity index (χ2v) is 6.89. The van der Waals surface area contributed by atoms with Crippen molar-refractivity contribution in [2.75, 3.05) is 20.7 Å². The van der Waals surface area contributed by atoms with Crippen LogP contribution in [0.1, 0.15) is 23.8 Å². The lowest BCUT2D eigenvalue weighted by molar-refractivity contribution is 0.177. The lowest BCUT2D eigenvalue weighted by Crippen LogP contribution is -2.47. The lowest BCUT2D eigenvalue weighted by atomic mass is 10.1. The zero-order valence-corrected chi connectivity index (χ0v) is 16.3. The van der Waals surface area contributed by atoms with Crippen molar-refractivity contribution >= 4 is 11.6 Å². The second kappa shape index (κ2) is 8.39. The van der Waals surface area contributed by atoms with Gasteiger partial charge in [0.15, 0.2) is 11.8 Å². The van der Waals surface area contributed by atoms with Crippen molar-refractivity contribution < 1.29 is 4.74 Å². The Hall–Kier alpha value is -2.94. The van der Waals surface area contributed by atoms with E-state index in [0.29, 0.717) is 6.61 Å². The zero-order chi connectivity index (χ0) is 19.3. The molecule has 4 heterocycles. The SMILES string of the molecule is CN=C(NCCc1cn2ccccc2n1)NC1CCc2nc(COC)nn2C1. The summed E-state index contributed by atoms with van der Waals surface area (Å²) in [5.41, 5.74) is 2.03. The summed E-state index contributed by atoms with van der Waals surface area (Å²) in [4.78, 5) is 13.5. The average molecular weight is 382 g/mol. The van der Waals surface area contributed by atoms with Gasteiger partial charge in [-0.3, -0.25) is 4.99 Å². The van der Waals surface area contributed by atoms with Crippen LogP contribution in [-0.4, -0.2) is 56.9 Å². The first-order valence-corrected chi connectivity index (χ1v) is 9.56. The fourth-order valence-corrected chi connectivity index (χ4v) is 3.47. The Balaban J connectivity index is 1.28. The Morgan fingerprint density at radius 1 is 1.36 bits per heavy atom. The fraction of sp³-hybridized carbons (Fsp3) is 0.474. The molecule has 2 N–H and O–H groups in total. The highest BCUT2D eigenvalue weighted by Crippen LogP contribution is 2.13. The van der Waals surface area contributed by atoms with Gasteiger partial charge in [0, 0.05) is 52.0 Å². The number of aromatic nitrogens is 5. The summed E-state index contributed by atoms with van der Waals surface area (Å²) in [5.74, 6) is 2.57. The molecule has 0 fully saturated rings. The molecular weight excluding hydrogens is 356 g/mol. The molecule has 4 rings (SSSR count). The summed E-state index contributed by atoms with van der Waals surface area (Å²) in [6, 6.07) is 6.28. The van der Waals surface area contributed by atoms with Gasteiger partial charge < -0.3 is 19.8 Å². The molecule has 9 nitrogen and oxygen atoms in total. The number of nitrogens with one attached hydrogen (secondary N) is 2. The highest BCUT2D eigenvalue weighted by Gasteiger charge is 2.22. The topological polar surface area (TPSA) is 93.7 Å². The van der Waals surface area contributed by atoms with Gasteiger partial charge >= 0.3 is 0 Å². The van der Waals surface area contributed by atoms with Gasteiger partial charge in [-0.25, -0.2) is 14.6 Å². The third-order valence-corrected chi connectivity index (χ3v) is 4.83. The van der Waals surface area contributed by atoms with E-state index in [1.807, 2.05) is 33.5 Å². The normalized spacial score (nSPS) is 16.9. The zero-order valence-electron chi connectivity index (χ0n) is 16.3. The van der Waals surface area contributed by atoms with E-state index in [0.717, 1.165) is 61.3 Å². The number of ether oxygens (including phenoxy) is 1. The van der Waals surface area contributed by atoms with Gasteiger partial charge in [-0.15, -0.1) is 0 Å². The van der Waals surface area contributed by atoms with E-state index in [2.05, 4.69) is 36.9 Å². The molecule has 1 aliphatic rings. The molecule has 0 aliphatic carbocycles. The number of imidazole rings is 1. The molecule has 1 unspecified atom stereocenters. The van der Waals surface area contributed by atoms with Gasteiger partial charge in [0.25, 0.3) is 0 Å². The minimum Gasteiger partial charge on any atom is -0.377 e. The molecule has 0 radical (unpaired) electrons. The van der Waals surface area contributed by atoms with Crippen LogP contribution in [0.15, 0.2) is 35.6 Å². The smallest absolute Gasteiger partial charge is 0.191 e. The number of aryl methyl sites for hydroxylation is 1. The molecule has 3 aromatic heterocycles. The van der Waals surface area contributed by atoms with Crippen molar-refractivity contribution in [2.45, 2.75) is 38.5 Å². The molecule has 148 valence electrons. The Morgan fingerprint density at radius 3 is 3.11 bits per heavy atom. The first-order valence-electron chi connectivity index (χ1n) is 9.56. The van der Waals surface area contributed by atoms with Crippen LogP contribution in [0.5, 0.6) is 0 Å². The molecule has 9 heteroatoms. The van der Waals surface area contributed by atoms with E-state index in [4.69, 9.17) is 4.74 Å². The molecule has 1 atom stereocenters. The van der Waals surface area contributed by atoms with Crippen LogP contribution in [-0.2, 0) is 30.7 Å². The molecule has 3 aromatic rings. The molecule has 0 spiro atoms. The van der Waals surface area contributed by atoms with Gasteiger partial charge in [0.05, 0.1) is 12.2 Å². The van der Waals surface area contributed by atoms with Gasteiger partial charge in [-0.2, -0.15) is 5.10 Å². The van der Waals surface area contributed by atoms with E-state index < -0.39 is 0 Å². The summed E-state index contributed by atoms with van der Waals surface area (Å²) in [5, 5.41) is 11.4. The number of hydrogen-bond acceptors (Lipinski definition) is 5. The minimum atomic E-state index is 0.269. The predicted octanol–water partition coefficient (Wildman–Crippen LogP) is 0.795. The number of pyridine rings is 1. The summed E-state index contributed by atoms with van der Waals surface area (Å²) >= 11 is 0. The van der Waals surface area contributed by atoms with E-state index in [-0.39, 0.29) is 6.04 Å². The van der Waals surface area contributed by atoms with E-state index in [1.165, 1.54) is 0 Å². The van der Waals surface area contributed by atoms with Crippen molar-refractivity contribution in [3.8, 4) is 0 Å². The van der Waals surface area contributed by atoms with E-state index in [9.17, 15) is 0 Å². The molecule has 0 saturated carbocycles. The molecule has 0 saturated heterocycles. The largest absolute Gasteiger partial charge is 0.377 e. The maximum Gasteiger partial charge on any atom is 0.191 e. The maximum absolute atomic E-state index is 5.12. The highest BCUT2D eigenvalue weighted by atomic mass is 16.5. The molecule has 1 aliphatic heterocycles. The number of fused-ring (bicyclic) bond motifs is 2.